The number of carbonyl (C=O) groups is 3. The third kappa shape index (κ3) is 3.83. The number of benzene rings is 2. The summed E-state index contributed by atoms with van der Waals surface area (Å²) in [5.74, 6) is -0.800. The van der Waals surface area contributed by atoms with Crippen LogP contribution < -0.4 is 10.2 Å². The molecular formula is C23H22F3N3O3. The van der Waals surface area contributed by atoms with Gasteiger partial charge in [0.25, 0.3) is 11.8 Å². The standard InChI is InChI=1S/C23H22F3N3O3/c1-13(2)14-5-9-17(10-6-14)29-21(31)19-18(27-22(29)32)11-12-28(19)20(30)15-3-7-16(8-4-15)23(24,25)26/h3-10,13,18-19H,11-12H2,1-2H3,(H,27,32)/t18-,19-/m1/s1. The zero-order valence-corrected chi connectivity index (χ0v) is 17.5. The maximum absolute atomic E-state index is 13.3. The number of nitrogens with zero attached hydrogens (tertiary/aromatic N) is 2. The van der Waals surface area contributed by atoms with E-state index in [9.17, 15) is 27.6 Å². The van der Waals surface area contributed by atoms with Crippen LogP contribution in [-0.2, 0) is 11.0 Å². The number of alkyl halides is 3. The average molecular weight is 445 g/mol. The normalized spacial score (nSPS) is 21.1. The second-order valence-electron chi connectivity index (χ2n) is 8.28. The third-order valence-corrected chi connectivity index (χ3v) is 5.92. The van der Waals surface area contributed by atoms with Crippen LogP contribution in [0.2, 0.25) is 0 Å². The molecule has 2 aromatic carbocycles. The van der Waals surface area contributed by atoms with Crippen molar-refractivity contribution in [1.29, 1.82) is 0 Å². The number of halogens is 3. The van der Waals surface area contributed by atoms with Crippen molar-refractivity contribution in [3.8, 4) is 0 Å². The number of hydrogen-bond donors (Lipinski definition) is 1. The SMILES string of the molecule is CC(C)c1ccc(N2C(=O)N[C@@H]3CCN(C(=O)c4ccc(C(F)(F)F)cc4)[C@H]3C2=O)cc1. The van der Waals surface area contributed by atoms with Gasteiger partial charge in [-0.25, -0.2) is 9.69 Å². The topological polar surface area (TPSA) is 69.7 Å². The van der Waals surface area contributed by atoms with E-state index in [0.29, 0.717) is 12.1 Å². The average Bonchev–Trinajstić information content (AvgIpc) is 3.17. The molecule has 2 aliphatic heterocycles. The summed E-state index contributed by atoms with van der Waals surface area (Å²) < 4.78 is 38.5. The Kier molecular flexibility index (Phi) is 5.44. The Balaban J connectivity index is 1.59. The Morgan fingerprint density at radius 3 is 2.22 bits per heavy atom. The summed E-state index contributed by atoms with van der Waals surface area (Å²) in [5.41, 5.74) is 0.641. The number of anilines is 1. The fourth-order valence-corrected chi connectivity index (χ4v) is 4.15. The number of rotatable bonds is 3. The maximum Gasteiger partial charge on any atom is 0.416 e. The van der Waals surface area contributed by atoms with Gasteiger partial charge in [-0.3, -0.25) is 9.59 Å². The Bertz CT molecular complexity index is 1050. The van der Waals surface area contributed by atoms with E-state index in [-0.39, 0.29) is 18.0 Å². The summed E-state index contributed by atoms with van der Waals surface area (Å²) in [6, 6.07) is 8.91. The van der Waals surface area contributed by atoms with Gasteiger partial charge in [-0.1, -0.05) is 26.0 Å². The van der Waals surface area contributed by atoms with Gasteiger partial charge in [0.15, 0.2) is 0 Å². The van der Waals surface area contributed by atoms with Gasteiger partial charge < -0.3 is 10.2 Å². The fraction of sp³-hybridized carbons (Fsp3) is 0.348. The lowest BCUT2D eigenvalue weighted by atomic mass is 10.0. The lowest BCUT2D eigenvalue weighted by Crippen LogP contribution is -2.65. The molecule has 32 heavy (non-hydrogen) atoms. The molecule has 0 aromatic heterocycles. The number of amides is 4. The molecule has 0 unspecified atom stereocenters. The van der Waals surface area contributed by atoms with Crippen molar-refractivity contribution in [2.45, 2.75) is 44.4 Å². The van der Waals surface area contributed by atoms with Gasteiger partial charge in [-0.05, 0) is 54.3 Å². The molecule has 9 heteroatoms. The number of carbonyl (C=O) groups excluding carboxylic acids is 3. The molecular weight excluding hydrogens is 423 g/mol. The number of urea groups is 1. The molecule has 2 aromatic rings. The van der Waals surface area contributed by atoms with Crippen molar-refractivity contribution in [2.75, 3.05) is 11.4 Å². The van der Waals surface area contributed by atoms with Crippen molar-refractivity contribution in [3.63, 3.8) is 0 Å². The lowest BCUT2D eigenvalue weighted by Gasteiger charge is -2.37. The van der Waals surface area contributed by atoms with Crippen LogP contribution in [0, 0.1) is 0 Å². The van der Waals surface area contributed by atoms with Gasteiger partial charge in [0.1, 0.15) is 6.04 Å². The second-order valence-corrected chi connectivity index (χ2v) is 8.28. The predicted octanol–water partition coefficient (Wildman–Crippen LogP) is 4.17. The van der Waals surface area contributed by atoms with Crippen LogP contribution in [0.4, 0.5) is 23.7 Å². The van der Waals surface area contributed by atoms with E-state index in [1.807, 2.05) is 26.0 Å². The molecule has 1 N–H and O–H groups in total. The highest BCUT2D eigenvalue weighted by Crippen LogP contribution is 2.32. The zero-order valence-electron chi connectivity index (χ0n) is 17.5. The van der Waals surface area contributed by atoms with Gasteiger partial charge in [0.2, 0.25) is 0 Å². The molecule has 6 nitrogen and oxygen atoms in total. The zero-order chi connectivity index (χ0) is 23.2. The van der Waals surface area contributed by atoms with Crippen LogP contribution in [-0.4, -0.2) is 41.4 Å². The van der Waals surface area contributed by atoms with Crippen LogP contribution in [0.15, 0.2) is 48.5 Å². The molecule has 2 fully saturated rings. The number of fused-ring (bicyclic) bond motifs is 1. The van der Waals surface area contributed by atoms with E-state index in [1.165, 1.54) is 4.90 Å². The minimum absolute atomic E-state index is 0.0520. The predicted molar refractivity (Wildman–Crippen MR) is 111 cm³/mol. The molecule has 0 saturated carbocycles. The molecule has 4 rings (SSSR count). The van der Waals surface area contributed by atoms with Crippen LogP contribution in [0.3, 0.4) is 0 Å². The van der Waals surface area contributed by atoms with E-state index < -0.39 is 41.7 Å². The molecule has 2 heterocycles. The van der Waals surface area contributed by atoms with E-state index in [0.717, 1.165) is 34.7 Å². The van der Waals surface area contributed by atoms with E-state index >= 15 is 0 Å². The van der Waals surface area contributed by atoms with E-state index in [2.05, 4.69) is 5.32 Å². The van der Waals surface area contributed by atoms with E-state index in [4.69, 9.17) is 0 Å². The molecule has 4 amide bonds. The summed E-state index contributed by atoms with van der Waals surface area (Å²) >= 11 is 0. The van der Waals surface area contributed by atoms with Gasteiger partial charge >= 0.3 is 12.2 Å². The molecule has 0 aliphatic carbocycles. The minimum Gasteiger partial charge on any atom is -0.332 e. The highest BCUT2D eigenvalue weighted by molar-refractivity contribution is 6.19. The van der Waals surface area contributed by atoms with Crippen molar-refractivity contribution in [2.24, 2.45) is 0 Å². The maximum atomic E-state index is 13.3. The van der Waals surface area contributed by atoms with Crippen LogP contribution in [0.25, 0.3) is 0 Å². The molecule has 0 radical (unpaired) electrons. The van der Waals surface area contributed by atoms with Crippen LogP contribution >= 0.6 is 0 Å². The summed E-state index contributed by atoms with van der Waals surface area (Å²) in [6.45, 7) is 4.27. The first-order chi connectivity index (χ1) is 15.1. The molecule has 2 atom stereocenters. The van der Waals surface area contributed by atoms with Gasteiger partial charge in [-0.15, -0.1) is 0 Å². The second kappa shape index (κ2) is 7.96. The Labute approximate surface area is 183 Å². The molecule has 0 bridgehead atoms. The first-order valence-corrected chi connectivity index (χ1v) is 10.3. The first-order valence-electron chi connectivity index (χ1n) is 10.3. The monoisotopic (exact) mass is 445 g/mol. The summed E-state index contributed by atoms with van der Waals surface area (Å²) in [5, 5.41) is 2.78. The Morgan fingerprint density at radius 1 is 1.03 bits per heavy atom. The highest BCUT2D eigenvalue weighted by atomic mass is 19.4. The number of hydrogen-bond acceptors (Lipinski definition) is 3. The number of nitrogens with one attached hydrogen (secondary N) is 1. The lowest BCUT2D eigenvalue weighted by molar-refractivity contribution is -0.137. The summed E-state index contributed by atoms with van der Waals surface area (Å²) in [4.78, 5) is 41.3. The summed E-state index contributed by atoms with van der Waals surface area (Å²) in [6.07, 6.45) is -4.12. The number of likely N-dealkylation sites (tertiary alicyclic amines) is 1. The fourth-order valence-electron chi connectivity index (χ4n) is 4.15. The highest BCUT2D eigenvalue weighted by Gasteiger charge is 2.50. The quantitative estimate of drug-likeness (QED) is 0.771. The Hall–Kier alpha value is -3.36. The summed E-state index contributed by atoms with van der Waals surface area (Å²) in [7, 11) is 0. The third-order valence-electron chi connectivity index (χ3n) is 5.92. The van der Waals surface area contributed by atoms with Crippen molar-refractivity contribution in [3.05, 3.63) is 65.2 Å². The van der Waals surface area contributed by atoms with Gasteiger partial charge in [0.05, 0.1) is 17.3 Å². The first kappa shape index (κ1) is 21.9. The Morgan fingerprint density at radius 2 is 1.66 bits per heavy atom. The van der Waals surface area contributed by atoms with Crippen LogP contribution in [0.5, 0.6) is 0 Å². The molecule has 2 aliphatic rings. The number of imide groups is 1. The van der Waals surface area contributed by atoms with Gasteiger partial charge in [-0.2, -0.15) is 13.2 Å². The van der Waals surface area contributed by atoms with Crippen LogP contribution in [0.1, 0.15) is 47.7 Å². The largest absolute Gasteiger partial charge is 0.416 e. The van der Waals surface area contributed by atoms with Crippen molar-refractivity contribution < 1.29 is 27.6 Å². The van der Waals surface area contributed by atoms with Crippen molar-refractivity contribution >= 4 is 23.5 Å². The minimum atomic E-state index is -4.50. The molecule has 0 spiro atoms. The molecule has 2 saturated heterocycles. The smallest absolute Gasteiger partial charge is 0.332 e. The van der Waals surface area contributed by atoms with Crippen molar-refractivity contribution in [1.82, 2.24) is 10.2 Å². The van der Waals surface area contributed by atoms with E-state index in [1.54, 1.807) is 12.1 Å². The molecule has 168 valence electrons. The van der Waals surface area contributed by atoms with Gasteiger partial charge in [0, 0.05) is 12.1 Å².